The van der Waals surface area contributed by atoms with Crippen LogP contribution in [0.3, 0.4) is 0 Å². The largest absolute Gasteiger partial charge is 0.451 e. The Hall–Kier alpha value is -8.18. The van der Waals surface area contributed by atoms with Crippen molar-refractivity contribution in [1.82, 2.24) is 25.3 Å². The number of aryl methyl sites for hydroxylation is 2. The first-order valence-electron chi connectivity index (χ1n) is 27.9. The van der Waals surface area contributed by atoms with E-state index in [1.807, 2.05) is 41.3 Å². The number of ketones is 1. The fourth-order valence-corrected chi connectivity index (χ4v) is 11.7. The van der Waals surface area contributed by atoms with E-state index < -0.39 is 73.7 Å². The number of alkyl halides is 6. The Kier molecular flexibility index (Phi) is 20.9. The molecule has 2 saturated heterocycles. The van der Waals surface area contributed by atoms with Gasteiger partial charge in [0.1, 0.15) is 23.3 Å². The summed E-state index contributed by atoms with van der Waals surface area (Å²) < 4.78 is 160. The van der Waals surface area contributed by atoms with Crippen molar-refractivity contribution >= 4 is 111 Å². The van der Waals surface area contributed by atoms with Crippen LogP contribution < -0.4 is 40.1 Å². The second kappa shape index (κ2) is 27.7. The van der Waals surface area contributed by atoms with Crippen molar-refractivity contribution < 1.29 is 61.5 Å². The fraction of sp³-hybridized carbons (Fsp3) is 0.311. The summed E-state index contributed by atoms with van der Waals surface area (Å²) in [5.74, 6) is -4.23. The number of carbonyl (C=O) groups excluding carboxylic acids is 2. The van der Waals surface area contributed by atoms with Crippen LogP contribution in [-0.2, 0) is 32.4 Å². The van der Waals surface area contributed by atoms with Crippen molar-refractivity contribution in [1.29, 1.82) is 0 Å². The second-order valence-corrected chi connectivity index (χ2v) is 26.1. The summed E-state index contributed by atoms with van der Waals surface area (Å²) in [4.78, 5) is 47.9. The number of carbonyl (C=O) groups is 2. The number of benzene rings is 6. The highest BCUT2D eigenvalue weighted by atomic mass is 35.5. The Morgan fingerprint density at radius 1 is 0.549 bits per heavy atom. The lowest BCUT2D eigenvalue weighted by molar-refractivity contribution is -0.145. The van der Waals surface area contributed by atoms with Crippen molar-refractivity contribution in [3.05, 3.63) is 176 Å². The first kappa shape index (κ1) is 68.7. The van der Waals surface area contributed by atoms with Crippen LogP contribution in [0.2, 0.25) is 10.0 Å². The number of hydrogen-bond donors (Lipinski definition) is 4. The maximum absolute atomic E-state index is 15.0. The summed E-state index contributed by atoms with van der Waals surface area (Å²) in [7, 11) is -7.03. The Morgan fingerprint density at radius 3 is 1.32 bits per heavy atom. The second-order valence-electron chi connectivity index (χ2n) is 21.8. The van der Waals surface area contributed by atoms with Crippen LogP contribution in [-0.4, -0.2) is 113 Å². The Bertz CT molecular complexity index is 4290. The minimum atomic E-state index is -4.79. The Labute approximate surface area is 529 Å². The number of sulfonamides is 2. The lowest BCUT2D eigenvalue weighted by Crippen LogP contribution is -2.47. The van der Waals surface area contributed by atoms with E-state index in [-0.39, 0.29) is 56.3 Å². The fourth-order valence-electron chi connectivity index (χ4n) is 10.1. The number of hydrogen-bond acceptors (Lipinski definition) is 15. The van der Waals surface area contributed by atoms with E-state index in [1.165, 1.54) is 43.3 Å². The zero-order valence-electron chi connectivity index (χ0n) is 49.9. The SMILES string of the molecule is CC(=O)c1ccc2nc(C(F)(F)F)nc(N3CCN(c4cccc(Cl)c4)CC3)c2c1.Cc1cc([C@@H](C)N)c(F)cc1NS(C)(=O)=O.Cc1cc([C@@H](C)NC(=O)c2ccc3nc(C(F)(F)F)nc(N4CCN(c5cccc(Cl)c5)CC4)c3c2)c(F)cc1NS(C)(=O)=O. The molecule has 2 atom stereocenters. The van der Waals surface area contributed by atoms with Gasteiger partial charge in [-0.1, -0.05) is 35.3 Å². The average molecular weight is 1350 g/mol. The molecule has 30 heteroatoms. The van der Waals surface area contributed by atoms with Crippen LogP contribution in [0.4, 0.5) is 69.5 Å². The molecule has 0 unspecified atom stereocenters. The number of anilines is 6. The zero-order valence-corrected chi connectivity index (χ0v) is 53.0. The molecule has 10 rings (SSSR count). The van der Waals surface area contributed by atoms with Crippen LogP contribution in [0.25, 0.3) is 21.8 Å². The number of nitrogens with zero attached hydrogens (tertiary/aromatic N) is 8. The molecule has 2 fully saturated rings. The maximum Gasteiger partial charge on any atom is 0.451 e. The Balaban J connectivity index is 0.000000198. The maximum atomic E-state index is 15.0. The summed E-state index contributed by atoms with van der Waals surface area (Å²) in [6.07, 6.45) is -7.48. The summed E-state index contributed by atoms with van der Waals surface area (Å²) in [6.45, 7) is 11.8. The molecule has 1 amide bonds. The smallest absolute Gasteiger partial charge is 0.368 e. The molecule has 91 heavy (non-hydrogen) atoms. The predicted octanol–water partition coefficient (Wildman–Crippen LogP) is 12.3. The summed E-state index contributed by atoms with van der Waals surface area (Å²) >= 11 is 12.2. The predicted molar refractivity (Wildman–Crippen MR) is 339 cm³/mol. The van der Waals surface area contributed by atoms with E-state index in [0.29, 0.717) is 90.0 Å². The van der Waals surface area contributed by atoms with Gasteiger partial charge in [-0.25, -0.2) is 45.6 Å². The van der Waals surface area contributed by atoms with Crippen LogP contribution in [0, 0.1) is 25.5 Å². The van der Waals surface area contributed by atoms with Crippen molar-refractivity contribution in [3.8, 4) is 0 Å². The third-order valence-electron chi connectivity index (χ3n) is 14.6. The average Bonchev–Trinajstić information content (AvgIpc) is 0.792. The molecule has 2 aliphatic heterocycles. The van der Waals surface area contributed by atoms with E-state index in [9.17, 15) is 61.5 Å². The van der Waals surface area contributed by atoms with Gasteiger partial charge in [-0.2, -0.15) is 26.3 Å². The molecular weight excluding hydrogens is 1280 g/mol. The molecule has 484 valence electrons. The van der Waals surface area contributed by atoms with E-state index in [2.05, 4.69) is 44.5 Å². The van der Waals surface area contributed by atoms with Gasteiger partial charge in [0.25, 0.3) is 5.91 Å². The van der Waals surface area contributed by atoms with Gasteiger partial charge >= 0.3 is 12.4 Å². The van der Waals surface area contributed by atoms with Gasteiger partial charge in [-0.3, -0.25) is 19.0 Å². The van der Waals surface area contributed by atoms with E-state index in [1.54, 1.807) is 56.9 Å². The minimum Gasteiger partial charge on any atom is -0.368 e. The summed E-state index contributed by atoms with van der Waals surface area (Å²) in [5, 5.41) is 4.61. The molecule has 8 aromatic rings. The molecule has 0 radical (unpaired) electrons. The molecule has 4 heterocycles. The molecule has 18 nitrogen and oxygen atoms in total. The number of nitrogens with two attached hydrogens (primary N) is 1. The third-order valence-corrected chi connectivity index (χ3v) is 16.3. The van der Waals surface area contributed by atoms with Crippen LogP contribution in [0.15, 0.2) is 109 Å². The number of aromatic nitrogens is 4. The lowest BCUT2D eigenvalue weighted by atomic mass is 10.0. The van der Waals surface area contributed by atoms with Gasteiger partial charge in [0.05, 0.1) is 41.0 Å². The minimum absolute atomic E-state index is 0.0184. The quantitative estimate of drug-likeness (QED) is 0.0621. The molecular formula is C61H62Cl2F8N12O6S2. The molecule has 2 aromatic heterocycles. The van der Waals surface area contributed by atoms with Crippen molar-refractivity contribution in [2.45, 2.75) is 59.1 Å². The molecule has 2 aliphatic rings. The van der Waals surface area contributed by atoms with Crippen molar-refractivity contribution in [3.63, 3.8) is 0 Å². The van der Waals surface area contributed by atoms with Gasteiger partial charge < -0.3 is 30.7 Å². The highest BCUT2D eigenvalue weighted by Crippen LogP contribution is 2.36. The lowest BCUT2D eigenvalue weighted by Gasteiger charge is -2.37. The zero-order chi connectivity index (χ0) is 66.7. The van der Waals surface area contributed by atoms with Crippen molar-refractivity contribution in [2.24, 2.45) is 5.73 Å². The molecule has 0 bridgehead atoms. The van der Waals surface area contributed by atoms with E-state index in [4.69, 9.17) is 28.9 Å². The third kappa shape index (κ3) is 17.7. The number of Topliss-reactive ketones (excluding diaryl/α,β-unsaturated/α-hetero) is 1. The van der Waals surface area contributed by atoms with Gasteiger partial charge in [0.2, 0.25) is 31.7 Å². The monoisotopic (exact) mass is 1340 g/mol. The van der Waals surface area contributed by atoms with Gasteiger partial charge in [0, 0.05) is 113 Å². The molecule has 0 aliphatic carbocycles. The molecule has 0 saturated carbocycles. The van der Waals surface area contributed by atoms with Crippen LogP contribution >= 0.6 is 23.2 Å². The summed E-state index contributed by atoms with van der Waals surface area (Å²) in [6, 6.07) is 27.3. The highest BCUT2D eigenvalue weighted by Gasteiger charge is 2.38. The summed E-state index contributed by atoms with van der Waals surface area (Å²) in [5.41, 5.74) is 10.0. The van der Waals surface area contributed by atoms with Crippen LogP contribution in [0.5, 0.6) is 0 Å². The van der Waals surface area contributed by atoms with Crippen molar-refractivity contribution in [2.75, 3.05) is 93.9 Å². The first-order valence-corrected chi connectivity index (χ1v) is 32.5. The highest BCUT2D eigenvalue weighted by molar-refractivity contribution is 7.92. The number of piperazine rings is 2. The topological polar surface area (TPSA) is 229 Å². The Morgan fingerprint density at radius 2 is 0.934 bits per heavy atom. The number of rotatable bonds is 13. The van der Waals surface area contributed by atoms with Gasteiger partial charge in [0.15, 0.2) is 5.78 Å². The molecule has 0 spiro atoms. The molecule has 5 N–H and O–H groups in total. The van der Waals surface area contributed by atoms with Gasteiger partial charge in [-0.15, -0.1) is 0 Å². The number of amides is 1. The van der Waals surface area contributed by atoms with Gasteiger partial charge in [-0.05, 0) is 143 Å². The number of fused-ring (bicyclic) bond motifs is 2. The number of nitrogens with one attached hydrogen (secondary N) is 3. The standard InChI is InChI=1S/C30H29ClF4N6O3S.C21H18ClF3N4O.C10H15FN2O2S/c1-17-13-22(24(32)16-26(17)39-45(3,43)44)18(2)36-28(42)19-7-8-25-23(14-19)27(38-29(37-25)30(33,34)35)41-11-9-40(10-12-41)21-6-4-5-20(31)15-21;1-13(30)14-5-6-18-17(11-14)19(27-20(26-18)21(23,24)25)29-9-7-28(8-10-29)16-4-2-3-15(22)12-16;1-6-4-8(7(2)12)9(11)5-10(6)13-16(3,14)15/h4-8,13-16,18,39H,9-12H2,1-3H3,(H,36,42);2-6,11-12H,7-10H2,1H3;4-5,7,13H,12H2,1-3H3/t18-;;7-/m1.1/s1. The van der Waals surface area contributed by atoms with Crippen LogP contribution in [0.1, 0.15) is 87.5 Å². The number of halogens is 10. The van der Waals surface area contributed by atoms with E-state index >= 15 is 0 Å². The normalized spacial score (nSPS) is 14.7. The first-order chi connectivity index (χ1) is 42.5. The van der Waals surface area contributed by atoms with E-state index in [0.717, 1.165) is 36.0 Å². The molecule has 6 aromatic carbocycles.